The number of hydrogen-bond acceptors (Lipinski definition) is 4. The quantitative estimate of drug-likeness (QED) is 0.787. The average molecular weight is 349 g/mol. The summed E-state index contributed by atoms with van der Waals surface area (Å²) >= 11 is 6.18. The predicted octanol–water partition coefficient (Wildman–Crippen LogP) is 3.87. The predicted molar refractivity (Wildman–Crippen MR) is 91.9 cm³/mol. The summed E-state index contributed by atoms with van der Waals surface area (Å²) in [4.78, 5) is 12.1. The second-order valence-electron chi connectivity index (χ2n) is 6.03. The lowest BCUT2D eigenvalue weighted by atomic mass is 10.1. The number of esters is 1. The molecule has 24 heavy (non-hydrogen) atoms. The molecule has 6 heteroatoms. The van der Waals surface area contributed by atoms with Crippen LogP contribution >= 0.6 is 11.6 Å². The Labute approximate surface area is 146 Å². The molecule has 0 spiro atoms. The molecule has 1 aromatic heterocycles. The first kappa shape index (κ1) is 17.0. The van der Waals surface area contributed by atoms with Crippen molar-refractivity contribution in [3.05, 3.63) is 46.2 Å². The van der Waals surface area contributed by atoms with Crippen LogP contribution in [-0.4, -0.2) is 35.1 Å². The summed E-state index contributed by atoms with van der Waals surface area (Å²) in [5.74, 6) is -0.331. The Hall–Kier alpha value is -1.85. The first-order chi connectivity index (χ1) is 11.6. The van der Waals surface area contributed by atoms with Gasteiger partial charge in [0.25, 0.3) is 0 Å². The number of carbonyl (C=O) groups excluding carboxylic acids is 1. The Morgan fingerprint density at radius 1 is 1.33 bits per heavy atom. The van der Waals surface area contributed by atoms with Crippen LogP contribution in [0.5, 0.6) is 0 Å². The molecule has 0 radical (unpaired) electrons. The van der Waals surface area contributed by atoms with Crippen LogP contribution in [0.4, 0.5) is 0 Å². The fourth-order valence-corrected chi connectivity index (χ4v) is 2.92. The second-order valence-corrected chi connectivity index (χ2v) is 6.41. The zero-order chi connectivity index (χ0) is 17.1. The summed E-state index contributed by atoms with van der Waals surface area (Å²) in [7, 11) is 0. The van der Waals surface area contributed by atoms with Crippen LogP contribution in [0, 0.1) is 13.8 Å². The summed E-state index contributed by atoms with van der Waals surface area (Å²) in [6.45, 7) is 4.84. The van der Waals surface area contributed by atoms with Gasteiger partial charge in [-0.25, -0.2) is 9.48 Å². The molecule has 0 saturated carbocycles. The van der Waals surface area contributed by atoms with Crippen LogP contribution < -0.4 is 0 Å². The van der Waals surface area contributed by atoms with Gasteiger partial charge in [-0.05, 0) is 57.4 Å². The standard InChI is InChI=1S/C18H21ClN2O3/c1-12-17(19)13(2)21(20-12)15-8-6-14(7-9-15)18(22)24-11-16-5-3-4-10-23-16/h6-9,16H,3-5,10-11H2,1-2H3. The Kier molecular flexibility index (Phi) is 5.21. The second kappa shape index (κ2) is 7.36. The number of aromatic nitrogens is 2. The van der Waals surface area contributed by atoms with E-state index < -0.39 is 0 Å². The number of aryl methyl sites for hydroxylation is 1. The molecule has 3 rings (SSSR count). The van der Waals surface area contributed by atoms with Crippen LogP contribution in [0.15, 0.2) is 24.3 Å². The molecule has 1 unspecified atom stereocenters. The van der Waals surface area contributed by atoms with Crippen LogP contribution in [0.3, 0.4) is 0 Å². The van der Waals surface area contributed by atoms with Gasteiger partial charge in [0.05, 0.1) is 33.8 Å². The van der Waals surface area contributed by atoms with Gasteiger partial charge in [-0.3, -0.25) is 0 Å². The highest BCUT2D eigenvalue weighted by molar-refractivity contribution is 6.31. The van der Waals surface area contributed by atoms with Crippen molar-refractivity contribution < 1.29 is 14.3 Å². The molecule has 1 aromatic carbocycles. The third-order valence-electron chi connectivity index (χ3n) is 4.22. The minimum atomic E-state index is -0.331. The smallest absolute Gasteiger partial charge is 0.338 e. The lowest BCUT2D eigenvalue weighted by molar-refractivity contribution is -0.0300. The Morgan fingerprint density at radius 2 is 2.08 bits per heavy atom. The summed E-state index contributed by atoms with van der Waals surface area (Å²) in [6.07, 6.45) is 3.19. The summed E-state index contributed by atoms with van der Waals surface area (Å²) in [5.41, 5.74) is 3.03. The molecule has 0 N–H and O–H groups in total. The van der Waals surface area contributed by atoms with Crippen LogP contribution in [0.1, 0.15) is 41.0 Å². The molecule has 1 aliphatic rings. The van der Waals surface area contributed by atoms with Crippen molar-refractivity contribution in [3.8, 4) is 5.69 Å². The number of nitrogens with zero attached hydrogens (tertiary/aromatic N) is 2. The number of rotatable bonds is 4. The molecule has 128 valence electrons. The average Bonchev–Trinajstić information content (AvgIpc) is 2.88. The number of hydrogen-bond donors (Lipinski definition) is 0. The van der Waals surface area contributed by atoms with Gasteiger partial charge >= 0.3 is 5.97 Å². The van der Waals surface area contributed by atoms with Gasteiger partial charge in [-0.1, -0.05) is 11.6 Å². The lowest BCUT2D eigenvalue weighted by Crippen LogP contribution is -2.25. The van der Waals surface area contributed by atoms with Gasteiger partial charge in [-0.2, -0.15) is 5.10 Å². The van der Waals surface area contributed by atoms with Gasteiger partial charge in [0.2, 0.25) is 0 Å². The molecule has 1 saturated heterocycles. The molecular weight excluding hydrogens is 328 g/mol. The first-order valence-corrected chi connectivity index (χ1v) is 8.55. The lowest BCUT2D eigenvalue weighted by Gasteiger charge is -2.22. The van der Waals surface area contributed by atoms with E-state index in [9.17, 15) is 4.79 Å². The van der Waals surface area contributed by atoms with E-state index in [0.717, 1.165) is 42.9 Å². The van der Waals surface area contributed by atoms with Gasteiger partial charge in [0.1, 0.15) is 6.61 Å². The molecule has 1 aliphatic heterocycles. The molecule has 2 heterocycles. The van der Waals surface area contributed by atoms with Crippen LogP contribution in [-0.2, 0) is 9.47 Å². The van der Waals surface area contributed by atoms with Crippen molar-refractivity contribution in [2.45, 2.75) is 39.2 Å². The van der Waals surface area contributed by atoms with E-state index in [4.69, 9.17) is 21.1 Å². The Bertz CT molecular complexity index is 719. The normalized spacial score (nSPS) is 17.7. The number of halogens is 1. The Balaban J connectivity index is 1.65. The van der Waals surface area contributed by atoms with E-state index in [1.165, 1.54) is 0 Å². The monoisotopic (exact) mass is 348 g/mol. The molecule has 5 nitrogen and oxygen atoms in total. The van der Waals surface area contributed by atoms with E-state index in [0.29, 0.717) is 17.2 Å². The highest BCUT2D eigenvalue weighted by Gasteiger charge is 2.17. The molecule has 0 aliphatic carbocycles. The van der Waals surface area contributed by atoms with Gasteiger partial charge in [0.15, 0.2) is 0 Å². The van der Waals surface area contributed by atoms with E-state index in [2.05, 4.69) is 5.10 Å². The SMILES string of the molecule is Cc1nn(-c2ccc(C(=O)OCC3CCCCO3)cc2)c(C)c1Cl. The number of carbonyl (C=O) groups is 1. The topological polar surface area (TPSA) is 53.4 Å². The van der Waals surface area contributed by atoms with Crippen LogP contribution in [0.25, 0.3) is 5.69 Å². The third kappa shape index (κ3) is 3.62. The highest BCUT2D eigenvalue weighted by atomic mass is 35.5. The van der Waals surface area contributed by atoms with E-state index in [-0.39, 0.29) is 12.1 Å². The van der Waals surface area contributed by atoms with Gasteiger partial charge in [-0.15, -0.1) is 0 Å². The molecule has 0 amide bonds. The maximum Gasteiger partial charge on any atom is 0.338 e. The molecular formula is C18H21ClN2O3. The zero-order valence-electron chi connectivity index (χ0n) is 13.9. The van der Waals surface area contributed by atoms with Crippen LogP contribution in [0.2, 0.25) is 5.02 Å². The van der Waals surface area contributed by atoms with E-state index in [1.54, 1.807) is 16.8 Å². The van der Waals surface area contributed by atoms with Gasteiger partial charge < -0.3 is 9.47 Å². The summed E-state index contributed by atoms with van der Waals surface area (Å²) < 4.78 is 12.7. The van der Waals surface area contributed by atoms with Crippen molar-refractivity contribution in [1.82, 2.24) is 9.78 Å². The summed E-state index contributed by atoms with van der Waals surface area (Å²) in [5, 5.41) is 5.06. The maximum absolute atomic E-state index is 12.1. The fourth-order valence-electron chi connectivity index (χ4n) is 2.80. The first-order valence-electron chi connectivity index (χ1n) is 8.17. The molecule has 2 aromatic rings. The van der Waals surface area contributed by atoms with Crippen molar-refractivity contribution in [1.29, 1.82) is 0 Å². The minimum Gasteiger partial charge on any atom is -0.459 e. The van der Waals surface area contributed by atoms with E-state index in [1.807, 2.05) is 26.0 Å². The van der Waals surface area contributed by atoms with Crippen molar-refractivity contribution in [2.75, 3.05) is 13.2 Å². The minimum absolute atomic E-state index is 0.0267. The maximum atomic E-state index is 12.1. The molecule has 1 fully saturated rings. The van der Waals surface area contributed by atoms with Crippen molar-refractivity contribution in [3.63, 3.8) is 0 Å². The number of benzene rings is 1. The van der Waals surface area contributed by atoms with Gasteiger partial charge in [0, 0.05) is 6.61 Å². The molecule has 0 bridgehead atoms. The zero-order valence-corrected chi connectivity index (χ0v) is 14.7. The fraction of sp³-hybridized carbons (Fsp3) is 0.444. The third-order valence-corrected chi connectivity index (χ3v) is 4.77. The Morgan fingerprint density at radius 3 is 2.67 bits per heavy atom. The van der Waals surface area contributed by atoms with Crippen molar-refractivity contribution in [2.24, 2.45) is 0 Å². The number of ether oxygens (including phenoxy) is 2. The van der Waals surface area contributed by atoms with E-state index >= 15 is 0 Å². The molecule has 1 atom stereocenters. The largest absolute Gasteiger partial charge is 0.459 e. The summed E-state index contributed by atoms with van der Waals surface area (Å²) in [6, 6.07) is 7.15. The highest BCUT2D eigenvalue weighted by Crippen LogP contribution is 2.22. The van der Waals surface area contributed by atoms with Crippen molar-refractivity contribution >= 4 is 17.6 Å².